The Hall–Kier alpha value is -1.81. The summed E-state index contributed by atoms with van der Waals surface area (Å²) < 4.78 is 0. The summed E-state index contributed by atoms with van der Waals surface area (Å²) >= 11 is 6.23. The molecule has 0 amide bonds. The number of anilines is 3. The molecule has 0 spiro atoms. The quantitative estimate of drug-likeness (QED) is 0.861. The number of halogens is 1. The van der Waals surface area contributed by atoms with Crippen molar-refractivity contribution in [2.24, 2.45) is 0 Å². The molecule has 20 heavy (non-hydrogen) atoms. The second-order valence-electron chi connectivity index (χ2n) is 4.73. The Bertz CT molecular complexity index is 598. The first-order valence-corrected chi connectivity index (χ1v) is 7.08. The molecule has 0 saturated carbocycles. The van der Waals surface area contributed by atoms with Crippen LogP contribution in [0.25, 0.3) is 0 Å². The van der Waals surface area contributed by atoms with E-state index in [-0.39, 0.29) is 0 Å². The van der Waals surface area contributed by atoms with Gasteiger partial charge in [-0.25, -0.2) is 9.97 Å². The summed E-state index contributed by atoms with van der Waals surface area (Å²) in [4.78, 5) is 8.54. The minimum Gasteiger partial charge on any atom is -0.370 e. The Kier molecular flexibility index (Phi) is 4.79. The maximum absolute atomic E-state index is 6.23. The topological polar surface area (TPSA) is 49.8 Å². The Morgan fingerprint density at radius 3 is 2.60 bits per heavy atom. The van der Waals surface area contributed by atoms with Gasteiger partial charge in [-0.1, -0.05) is 24.6 Å². The third-order valence-electron chi connectivity index (χ3n) is 3.00. The molecule has 0 bridgehead atoms. The molecule has 1 aromatic heterocycles. The molecule has 0 saturated heterocycles. The number of nitrogens with zero attached hydrogens (tertiary/aromatic N) is 2. The van der Waals surface area contributed by atoms with Crippen LogP contribution in [0.1, 0.15) is 24.5 Å². The smallest absolute Gasteiger partial charge is 0.138 e. The Morgan fingerprint density at radius 1 is 1.15 bits per heavy atom. The van der Waals surface area contributed by atoms with Crippen LogP contribution in [-0.4, -0.2) is 16.5 Å². The second kappa shape index (κ2) is 6.57. The first-order chi connectivity index (χ1) is 9.61. The minimum absolute atomic E-state index is 0.686. The van der Waals surface area contributed by atoms with Crippen molar-refractivity contribution in [2.45, 2.75) is 27.2 Å². The zero-order valence-electron chi connectivity index (χ0n) is 12.0. The summed E-state index contributed by atoms with van der Waals surface area (Å²) in [6, 6.07) is 5.90. The van der Waals surface area contributed by atoms with Crippen molar-refractivity contribution < 1.29 is 0 Å². The molecule has 5 heteroatoms. The highest BCUT2D eigenvalue weighted by molar-refractivity contribution is 6.33. The normalized spacial score (nSPS) is 10.4. The van der Waals surface area contributed by atoms with E-state index in [0.717, 1.165) is 41.4 Å². The van der Waals surface area contributed by atoms with E-state index in [9.17, 15) is 0 Å². The maximum atomic E-state index is 6.23. The van der Waals surface area contributed by atoms with Gasteiger partial charge in [-0.3, -0.25) is 0 Å². The van der Waals surface area contributed by atoms with E-state index in [2.05, 4.69) is 27.5 Å². The zero-order valence-corrected chi connectivity index (χ0v) is 12.8. The third-order valence-corrected chi connectivity index (χ3v) is 3.32. The van der Waals surface area contributed by atoms with Crippen molar-refractivity contribution in [2.75, 3.05) is 17.2 Å². The second-order valence-corrected chi connectivity index (χ2v) is 5.14. The van der Waals surface area contributed by atoms with Crippen LogP contribution < -0.4 is 10.6 Å². The largest absolute Gasteiger partial charge is 0.370 e. The van der Waals surface area contributed by atoms with Gasteiger partial charge in [-0.05, 0) is 38.0 Å². The molecule has 106 valence electrons. The van der Waals surface area contributed by atoms with Crippen LogP contribution in [0.2, 0.25) is 5.02 Å². The summed E-state index contributed by atoms with van der Waals surface area (Å²) in [5, 5.41) is 7.24. The van der Waals surface area contributed by atoms with Crippen molar-refractivity contribution in [3.05, 3.63) is 40.7 Å². The summed E-state index contributed by atoms with van der Waals surface area (Å²) in [6.45, 7) is 7.01. The van der Waals surface area contributed by atoms with Crippen molar-refractivity contribution in [3.63, 3.8) is 0 Å². The highest BCUT2D eigenvalue weighted by Crippen LogP contribution is 2.28. The fraction of sp³-hybridized carbons (Fsp3) is 0.333. The van der Waals surface area contributed by atoms with Gasteiger partial charge in [0.2, 0.25) is 0 Å². The predicted molar refractivity (Wildman–Crippen MR) is 85.0 cm³/mol. The molecule has 0 radical (unpaired) electrons. The average Bonchev–Trinajstić information content (AvgIpc) is 2.42. The molecule has 0 aliphatic rings. The van der Waals surface area contributed by atoms with Gasteiger partial charge in [0, 0.05) is 12.1 Å². The van der Waals surface area contributed by atoms with E-state index >= 15 is 0 Å². The van der Waals surface area contributed by atoms with Crippen LogP contribution in [0.5, 0.6) is 0 Å². The molecule has 0 fully saturated rings. The van der Waals surface area contributed by atoms with E-state index in [1.807, 2.05) is 32.0 Å². The van der Waals surface area contributed by atoms with Gasteiger partial charge in [0.1, 0.15) is 18.0 Å². The SMILES string of the molecule is CCCNc1ncnc(Nc2ccc(C)cc2Cl)c1C. The molecular weight excluding hydrogens is 272 g/mol. The van der Waals surface area contributed by atoms with E-state index in [1.54, 1.807) is 6.33 Å². The van der Waals surface area contributed by atoms with Gasteiger partial charge < -0.3 is 10.6 Å². The van der Waals surface area contributed by atoms with Crippen molar-refractivity contribution in [3.8, 4) is 0 Å². The molecular formula is C15H19ClN4. The number of nitrogens with one attached hydrogen (secondary N) is 2. The highest BCUT2D eigenvalue weighted by atomic mass is 35.5. The minimum atomic E-state index is 0.686. The van der Waals surface area contributed by atoms with E-state index in [1.165, 1.54) is 0 Å². The van der Waals surface area contributed by atoms with Gasteiger partial charge in [0.05, 0.1) is 10.7 Å². The number of hydrogen-bond acceptors (Lipinski definition) is 4. The summed E-state index contributed by atoms with van der Waals surface area (Å²) in [7, 11) is 0. The average molecular weight is 291 g/mol. The highest BCUT2D eigenvalue weighted by Gasteiger charge is 2.08. The lowest BCUT2D eigenvalue weighted by Crippen LogP contribution is -2.07. The fourth-order valence-electron chi connectivity index (χ4n) is 1.85. The fourth-order valence-corrected chi connectivity index (χ4v) is 2.13. The number of aromatic nitrogens is 2. The molecule has 2 aromatic rings. The molecule has 1 aromatic carbocycles. The molecule has 0 aliphatic carbocycles. The lowest BCUT2D eigenvalue weighted by Gasteiger charge is -2.13. The van der Waals surface area contributed by atoms with Gasteiger partial charge in [-0.2, -0.15) is 0 Å². The summed E-state index contributed by atoms with van der Waals surface area (Å²) in [6.07, 6.45) is 2.60. The van der Waals surface area contributed by atoms with Crippen molar-refractivity contribution >= 4 is 28.9 Å². The number of hydrogen-bond donors (Lipinski definition) is 2. The Labute approximate surface area is 124 Å². The molecule has 2 rings (SSSR count). The molecule has 1 heterocycles. The van der Waals surface area contributed by atoms with E-state index in [0.29, 0.717) is 5.02 Å². The zero-order chi connectivity index (χ0) is 14.5. The Balaban J connectivity index is 2.24. The summed E-state index contributed by atoms with van der Waals surface area (Å²) in [5.41, 5.74) is 2.96. The molecule has 2 N–H and O–H groups in total. The Morgan fingerprint density at radius 2 is 1.90 bits per heavy atom. The first kappa shape index (κ1) is 14.6. The standard InChI is InChI=1S/C15H19ClN4/c1-4-7-17-14-11(3)15(19-9-18-14)20-13-6-5-10(2)8-12(13)16/h5-6,8-9H,4,7H2,1-3H3,(H2,17,18,19,20). The van der Waals surface area contributed by atoms with Gasteiger partial charge >= 0.3 is 0 Å². The monoisotopic (exact) mass is 290 g/mol. The van der Waals surface area contributed by atoms with Gasteiger partial charge in [0.25, 0.3) is 0 Å². The number of aryl methyl sites for hydroxylation is 1. The van der Waals surface area contributed by atoms with Crippen LogP contribution >= 0.6 is 11.6 Å². The predicted octanol–water partition coefficient (Wildman–Crippen LogP) is 4.31. The van der Waals surface area contributed by atoms with Crippen LogP contribution in [0.4, 0.5) is 17.3 Å². The molecule has 0 unspecified atom stereocenters. The van der Waals surface area contributed by atoms with Crippen molar-refractivity contribution in [1.29, 1.82) is 0 Å². The van der Waals surface area contributed by atoms with Crippen LogP contribution in [0.15, 0.2) is 24.5 Å². The van der Waals surface area contributed by atoms with Gasteiger partial charge in [-0.15, -0.1) is 0 Å². The maximum Gasteiger partial charge on any atom is 0.138 e. The third kappa shape index (κ3) is 3.39. The lowest BCUT2D eigenvalue weighted by atomic mass is 10.2. The van der Waals surface area contributed by atoms with E-state index < -0.39 is 0 Å². The summed E-state index contributed by atoms with van der Waals surface area (Å²) in [5.74, 6) is 1.62. The van der Waals surface area contributed by atoms with Crippen LogP contribution in [-0.2, 0) is 0 Å². The lowest BCUT2D eigenvalue weighted by molar-refractivity contribution is 0.960. The first-order valence-electron chi connectivity index (χ1n) is 6.70. The molecule has 0 atom stereocenters. The van der Waals surface area contributed by atoms with E-state index in [4.69, 9.17) is 11.6 Å². The van der Waals surface area contributed by atoms with Crippen LogP contribution in [0, 0.1) is 13.8 Å². The number of benzene rings is 1. The number of rotatable bonds is 5. The molecule has 0 aliphatic heterocycles. The van der Waals surface area contributed by atoms with Crippen molar-refractivity contribution in [1.82, 2.24) is 9.97 Å². The van der Waals surface area contributed by atoms with Gasteiger partial charge in [0.15, 0.2) is 0 Å². The molecule has 4 nitrogen and oxygen atoms in total. The van der Waals surface area contributed by atoms with Crippen LogP contribution in [0.3, 0.4) is 0 Å².